The lowest BCUT2D eigenvalue weighted by Gasteiger charge is -2.34. The number of anilines is 2. The summed E-state index contributed by atoms with van der Waals surface area (Å²) in [5.74, 6) is 0.758. The number of nitrogens with zero attached hydrogens (tertiary/aromatic N) is 2. The largest absolute Gasteiger partial charge is 0.468 e. The first-order chi connectivity index (χ1) is 11.7. The third kappa shape index (κ3) is 4.59. The molecule has 0 bridgehead atoms. The Bertz CT molecular complexity index is 632. The molecule has 3 rings (SSSR count). The van der Waals surface area contributed by atoms with Crippen LogP contribution in [0.2, 0.25) is 0 Å². The SMILES string of the molecule is CN1CCN(c2ccc(NC(=O)CNCc3ccco3)cc2)CC1. The van der Waals surface area contributed by atoms with Gasteiger partial charge in [0.2, 0.25) is 5.91 Å². The van der Waals surface area contributed by atoms with E-state index in [0.29, 0.717) is 6.54 Å². The first-order valence-corrected chi connectivity index (χ1v) is 8.27. The van der Waals surface area contributed by atoms with E-state index >= 15 is 0 Å². The number of carbonyl (C=O) groups is 1. The van der Waals surface area contributed by atoms with Crippen LogP contribution in [0.3, 0.4) is 0 Å². The van der Waals surface area contributed by atoms with Crippen LogP contribution >= 0.6 is 0 Å². The van der Waals surface area contributed by atoms with E-state index in [1.165, 1.54) is 5.69 Å². The molecule has 1 aromatic carbocycles. The highest BCUT2D eigenvalue weighted by Gasteiger charge is 2.14. The molecule has 1 aliphatic heterocycles. The number of nitrogens with one attached hydrogen (secondary N) is 2. The molecule has 128 valence electrons. The summed E-state index contributed by atoms with van der Waals surface area (Å²) in [6.07, 6.45) is 1.62. The van der Waals surface area contributed by atoms with Crippen LogP contribution in [0.5, 0.6) is 0 Å². The van der Waals surface area contributed by atoms with Gasteiger partial charge in [-0.15, -0.1) is 0 Å². The maximum Gasteiger partial charge on any atom is 0.238 e. The zero-order valence-corrected chi connectivity index (χ0v) is 14.0. The lowest BCUT2D eigenvalue weighted by Crippen LogP contribution is -2.44. The van der Waals surface area contributed by atoms with Crippen molar-refractivity contribution < 1.29 is 9.21 Å². The average molecular weight is 328 g/mol. The van der Waals surface area contributed by atoms with E-state index in [1.54, 1.807) is 6.26 Å². The molecular formula is C18H24N4O2. The highest BCUT2D eigenvalue weighted by molar-refractivity contribution is 5.92. The summed E-state index contributed by atoms with van der Waals surface area (Å²) in [4.78, 5) is 16.6. The van der Waals surface area contributed by atoms with Gasteiger partial charge in [-0.3, -0.25) is 4.79 Å². The molecule has 6 heteroatoms. The number of piperazine rings is 1. The van der Waals surface area contributed by atoms with Crippen molar-refractivity contribution in [3.63, 3.8) is 0 Å². The first-order valence-electron chi connectivity index (χ1n) is 8.27. The predicted molar refractivity (Wildman–Crippen MR) is 95.2 cm³/mol. The number of rotatable bonds is 6. The van der Waals surface area contributed by atoms with Crippen molar-refractivity contribution in [2.45, 2.75) is 6.54 Å². The maximum atomic E-state index is 11.9. The number of likely N-dealkylation sites (N-methyl/N-ethyl adjacent to an activating group) is 1. The standard InChI is InChI=1S/C18H24N4O2/c1-21-8-10-22(11-9-21)16-6-4-15(5-7-16)20-18(23)14-19-13-17-3-2-12-24-17/h2-7,12,19H,8-11,13-14H2,1H3,(H,20,23). The fraction of sp³-hybridized carbons (Fsp3) is 0.389. The van der Waals surface area contributed by atoms with E-state index in [1.807, 2.05) is 24.3 Å². The Kier molecular flexibility index (Phi) is 5.51. The smallest absolute Gasteiger partial charge is 0.238 e. The monoisotopic (exact) mass is 328 g/mol. The summed E-state index contributed by atoms with van der Waals surface area (Å²) < 4.78 is 5.21. The highest BCUT2D eigenvalue weighted by Crippen LogP contribution is 2.19. The molecule has 0 spiro atoms. The molecule has 2 aromatic rings. The molecule has 1 aliphatic rings. The minimum absolute atomic E-state index is 0.0612. The van der Waals surface area contributed by atoms with Gasteiger partial charge < -0.3 is 24.9 Å². The van der Waals surface area contributed by atoms with Crippen LogP contribution in [-0.2, 0) is 11.3 Å². The molecule has 1 saturated heterocycles. The first kappa shape index (κ1) is 16.5. The van der Waals surface area contributed by atoms with Crippen molar-refractivity contribution in [2.75, 3.05) is 50.0 Å². The summed E-state index contributed by atoms with van der Waals surface area (Å²) in [6.45, 7) is 5.04. The Morgan fingerprint density at radius 1 is 1.12 bits per heavy atom. The lowest BCUT2D eigenvalue weighted by atomic mass is 10.2. The van der Waals surface area contributed by atoms with Crippen LogP contribution in [0.4, 0.5) is 11.4 Å². The summed E-state index contributed by atoms with van der Waals surface area (Å²) >= 11 is 0. The quantitative estimate of drug-likeness (QED) is 0.846. The van der Waals surface area contributed by atoms with Crippen LogP contribution in [0.15, 0.2) is 47.1 Å². The Morgan fingerprint density at radius 2 is 1.88 bits per heavy atom. The number of carbonyl (C=O) groups excluding carboxylic acids is 1. The van der Waals surface area contributed by atoms with Gasteiger partial charge in [-0.1, -0.05) is 0 Å². The molecule has 0 aliphatic carbocycles. The second-order valence-electron chi connectivity index (χ2n) is 6.07. The van der Waals surface area contributed by atoms with E-state index in [0.717, 1.165) is 37.6 Å². The minimum atomic E-state index is -0.0612. The Morgan fingerprint density at radius 3 is 2.54 bits per heavy atom. The molecule has 2 N–H and O–H groups in total. The number of furan rings is 1. The van der Waals surface area contributed by atoms with Crippen LogP contribution < -0.4 is 15.5 Å². The molecule has 0 saturated carbocycles. The predicted octanol–water partition coefficient (Wildman–Crippen LogP) is 1.76. The van der Waals surface area contributed by atoms with Gasteiger partial charge in [0.15, 0.2) is 0 Å². The fourth-order valence-corrected chi connectivity index (χ4v) is 2.74. The number of hydrogen-bond acceptors (Lipinski definition) is 5. The van der Waals surface area contributed by atoms with Crippen LogP contribution in [-0.4, -0.2) is 50.6 Å². The van der Waals surface area contributed by atoms with Crippen molar-refractivity contribution in [3.05, 3.63) is 48.4 Å². The second kappa shape index (κ2) is 7.99. The van der Waals surface area contributed by atoms with Gasteiger partial charge in [0.1, 0.15) is 5.76 Å². The van der Waals surface area contributed by atoms with Crippen molar-refractivity contribution in [3.8, 4) is 0 Å². The average Bonchev–Trinajstić information content (AvgIpc) is 3.10. The van der Waals surface area contributed by atoms with E-state index in [9.17, 15) is 4.79 Å². The number of benzene rings is 1. The van der Waals surface area contributed by atoms with Crippen molar-refractivity contribution in [1.29, 1.82) is 0 Å². The molecule has 2 heterocycles. The van der Waals surface area contributed by atoms with Crippen molar-refractivity contribution >= 4 is 17.3 Å². The molecule has 24 heavy (non-hydrogen) atoms. The van der Waals surface area contributed by atoms with E-state index < -0.39 is 0 Å². The maximum absolute atomic E-state index is 11.9. The molecule has 1 fully saturated rings. The van der Waals surface area contributed by atoms with E-state index in [4.69, 9.17) is 4.42 Å². The highest BCUT2D eigenvalue weighted by atomic mass is 16.3. The summed E-state index contributed by atoms with van der Waals surface area (Å²) in [5.41, 5.74) is 2.02. The summed E-state index contributed by atoms with van der Waals surface area (Å²) in [6, 6.07) is 11.8. The van der Waals surface area contributed by atoms with Crippen LogP contribution in [0.1, 0.15) is 5.76 Å². The molecule has 1 amide bonds. The summed E-state index contributed by atoms with van der Waals surface area (Å²) in [7, 11) is 2.15. The van der Waals surface area contributed by atoms with Gasteiger partial charge in [-0.25, -0.2) is 0 Å². The normalized spacial score (nSPS) is 15.5. The molecule has 6 nitrogen and oxygen atoms in total. The molecule has 0 unspecified atom stereocenters. The van der Waals surface area contributed by atoms with Crippen LogP contribution in [0, 0.1) is 0 Å². The topological polar surface area (TPSA) is 60.8 Å². The Hall–Kier alpha value is -2.31. The van der Waals surface area contributed by atoms with Gasteiger partial charge in [-0.05, 0) is 43.4 Å². The summed E-state index contributed by atoms with van der Waals surface area (Å²) in [5, 5.41) is 5.96. The minimum Gasteiger partial charge on any atom is -0.468 e. The van der Waals surface area contributed by atoms with Gasteiger partial charge in [0.25, 0.3) is 0 Å². The fourth-order valence-electron chi connectivity index (χ4n) is 2.74. The molecule has 0 radical (unpaired) electrons. The molecule has 1 aromatic heterocycles. The Labute approximate surface area is 142 Å². The third-order valence-electron chi connectivity index (χ3n) is 4.18. The second-order valence-corrected chi connectivity index (χ2v) is 6.07. The molecular weight excluding hydrogens is 304 g/mol. The Balaban J connectivity index is 1.44. The van der Waals surface area contributed by atoms with Gasteiger partial charge in [0.05, 0.1) is 19.4 Å². The van der Waals surface area contributed by atoms with Crippen molar-refractivity contribution in [2.24, 2.45) is 0 Å². The zero-order chi connectivity index (χ0) is 16.8. The van der Waals surface area contributed by atoms with Crippen LogP contribution in [0.25, 0.3) is 0 Å². The van der Waals surface area contributed by atoms with Gasteiger partial charge in [-0.2, -0.15) is 0 Å². The third-order valence-corrected chi connectivity index (χ3v) is 4.18. The van der Waals surface area contributed by atoms with E-state index in [2.05, 4.69) is 39.6 Å². The van der Waals surface area contributed by atoms with Crippen molar-refractivity contribution in [1.82, 2.24) is 10.2 Å². The lowest BCUT2D eigenvalue weighted by molar-refractivity contribution is -0.115. The number of hydrogen-bond donors (Lipinski definition) is 2. The zero-order valence-electron chi connectivity index (χ0n) is 14.0. The van der Waals surface area contributed by atoms with E-state index in [-0.39, 0.29) is 12.5 Å². The number of amides is 1. The van der Waals surface area contributed by atoms with Gasteiger partial charge in [0, 0.05) is 37.6 Å². The molecule has 0 atom stereocenters. The van der Waals surface area contributed by atoms with Gasteiger partial charge >= 0.3 is 0 Å².